The molecule has 6 rings (SSSR count). The summed E-state index contributed by atoms with van der Waals surface area (Å²) < 4.78 is 38.6. The molecule has 0 aliphatic rings. The maximum Gasteiger partial charge on any atom is 0.206 e. The van der Waals surface area contributed by atoms with Crippen LogP contribution in [0.2, 0.25) is 0 Å². The zero-order chi connectivity index (χ0) is 28.1. The lowest BCUT2D eigenvalue weighted by molar-refractivity contribution is 0.482. The Balaban J connectivity index is 1.14. The van der Waals surface area contributed by atoms with Crippen LogP contribution in [0, 0.1) is 0 Å². The molecule has 0 N–H and O–H groups in total. The van der Waals surface area contributed by atoms with Gasteiger partial charge in [0.05, 0.1) is 9.79 Å². The van der Waals surface area contributed by atoms with E-state index in [2.05, 4.69) is 0 Å². The Kier molecular flexibility index (Phi) is 7.35. The SMILES string of the molecule is O=S(=O)(c1ccc(Oc2cccc(-c3ccccc3)c2)cc1)c1ccc(Oc2cccc(-c3ccccc3)c2)cc1. The molecule has 41 heavy (non-hydrogen) atoms. The van der Waals surface area contributed by atoms with Crippen molar-refractivity contribution in [1.82, 2.24) is 0 Å². The normalized spacial score (nSPS) is 11.1. The fourth-order valence-corrected chi connectivity index (χ4v) is 5.78. The summed E-state index contributed by atoms with van der Waals surface area (Å²) in [7, 11) is -3.71. The second-order valence-electron chi connectivity index (χ2n) is 9.44. The molecule has 0 saturated heterocycles. The van der Waals surface area contributed by atoms with Crippen LogP contribution in [0.4, 0.5) is 0 Å². The van der Waals surface area contributed by atoms with Crippen LogP contribution in [0.3, 0.4) is 0 Å². The minimum absolute atomic E-state index is 0.187. The zero-order valence-corrected chi connectivity index (χ0v) is 22.9. The van der Waals surface area contributed by atoms with Crippen molar-refractivity contribution in [2.45, 2.75) is 9.79 Å². The first kappa shape index (κ1) is 26.1. The summed E-state index contributed by atoms with van der Waals surface area (Å²) in [6.45, 7) is 0. The molecule has 4 nitrogen and oxygen atoms in total. The van der Waals surface area contributed by atoms with E-state index in [9.17, 15) is 8.42 Å². The fourth-order valence-electron chi connectivity index (χ4n) is 4.52. The molecular formula is C36H26O4S. The highest BCUT2D eigenvalue weighted by Gasteiger charge is 2.18. The number of ether oxygens (including phenoxy) is 2. The van der Waals surface area contributed by atoms with Crippen molar-refractivity contribution in [3.63, 3.8) is 0 Å². The van der Waals surface area contributed by atoms with Gasteiger partial charge < -0.3 is 9.47 Å². The Labute approximate surface area is 240 Å². The monoisotopic (exact) mass is 554 g/mol. The molecule has 0 spiro atoms. The van der Waals surface area contributed by atoms with Gasteiger partial charge in [-0.2, -0.15) is 0 Å². The smallest absolute Gasteiger partial charge is 0.206 e. The van der Waals surface area contributed by atoms with Gasteiger partial charge in [-0.05, 0) is 95.1 Å². The van der Waals surface area contributed by atoms with Crippen molar-refractivity contribution in [3.8, 4) is 45.3 Å². The molecule has 0 aliphatic carbocycles. The third-order valence-electron chi connectivity index (χ3n) is 6.62. The molecule has 0 unspecified atom stereocenters. The van der Waals surface area contributed by atoms with E-state index in [-0.39, 0.29) is 9.79 Å². The predicted octanol–water partition coefficient (Wildman–Crippen LogP) is 9.44. The number of hydrogen-bond acceptors (Lipinski definition) is 4. The van der Waals surface area contributed by atoms with Crippen LogP contribution in [-0.2, 0) is 9.84 Å². The third-order valence-corrected chi connectivity index (χ3v) is 8.41. The highest BCUT2D eigenvalue weighted by Crippen LogP contribution is 2.31. The minimum Gasteiger partial charge on any atom is -0.457 e. The first-order valence-electron chi connectivity index (χ1n) is 13.2. The Hall–Kier alpha value is -5.13. The van der Waals surface area contributed by atoms with Gasteiger partial charge in [-0.25, -0.2) is 8.42 Å². The molecule has 0 saturated carbocycles. The lowest BCUT2D eigenvalue weighted by Crippen LogP contribution is -2.01. The van der Waals surface area contributed by atoms with Crippen LogP contribution >= 0.6 is 0 Å². The molecule has 0 bridgehead atoms. The summed E-state index contributed by atoms with van der Waals surface area (Å²) in [6.07, 6.45) is 0. The molecule has 0 radical (unpaired) electrons. The second kappa shape index (κ2) is 11.5. The maximum atomic E-state index is 13.3. The van der Waals surface area contributed by atoms with Gasteiger partial charge in [-0.3, -0.25) is 0 Å². The van der Waals surface area contributed by atoms with Gasteiger partial charge in [-0.1, -0.05) is 84.9 Å². The zero-order valence-electron chi connectivity index (χ0n) is 22.1. The van der Waals surface area contributed by atoms with Crippen LogP contribution in [0.25, 0.3) is 22.3 Å². The molecule has 6 aromatic carbocycles. The van der Waals surface area contributed by atoms with Crippen molar-refractivity contribution in [2.24, 2.45) is 0 Å². The highest BCUT2D eigenvalue weighted by molar-refractivity contribution is 7.91. The van der Waals surface area contributed by atoms with Gasteiger partial charge >= 0.3 is 0 Å². The largest absolute Gasteiger partial charge is 0.457 e. The van der Waals surface area contributed by atoms with Crippen LogP contribution in [-0.4, -0.2) is 8.42 Å². The highest BCUT2D eigenvalue weighted by atomic mass is 32.2. The molecule has 6 aromatic rings. The molecule has 0 heterocycles. The average Bonchev–Trinajstić information content (AvgIpc) is 3.03. The Morgan fingerprint density at radius 2 is 0.707 bits per heavy atom. The van der Waals surface area contributed by atoms with E-state index in [1.54, 1.807) is 48.5 Å². The molecule has 0 atom stereocenters. The summed E-state index contributed by atoms with van der Waals surface area (Å²) in [5.41, 5.74) is 4.27. The molecule has 5 heteroatoms. The van der Waals surface area contributed by atoms with Crippen LogP contribution in [0.15, 0.2) is 168 Å². The van der Waals surface area contributed by atoms with Crippen molar-refractivity contribution in [3.05, 3.63) is 158 Å². The molecule has 0 aliphatic heterocycles. The molecular weight excluding hydrogens is 528 g/mol. The second-order valence-corrected chi connectivity index (χ2v) is 11.4. The first-order chi connectivity index (χ1) is 20.0. The van der Waals surface area contributed by atoms with Crippen LogP contribution in [0.5, 0.6) is 23.0 Å². The van der Waals surface area contributed by atoms with E-state index in [0.29, 0.717) is 23.0 Å². The number of sulfone groups is 1. The Bertz CT molecular complexity index is 1730. The lowest BCUT2D eigenvalue weighted by atomic mass is 10.1. The molecule has 0 aromatic heterocycles. The van der Waals surface area contributed by atoms with E-state index in [0.717, 1.165) is 22.3 Å². The quantitative estimate of drug-likeness (QED) is 0.188. The standard InChI is InChI=1S/C36H26O4S/c37-41(38,35-21-17-31(18-22-35)39-33-15-7-13-29(25-33)27-9-3-1-4-10-27)36-23-19-32(20-24-36)40-34-16-8-14-30(26-34)28-11-5-2-6-12-28/h1-26H. The van der Waals surface area contributed by atoms with E-state index in [1.165, 1.54) is 0 Å². The molecule has 0 amide bonds. The van der Waals surface area contributed by atoms with E-state index < -0.39 is 9.84 Å². The van der Waals surface area contributed by atoms with E-state index in [1.807, 2.05) is 109 Å². The van der Waals surface area contributed by atoms with Crippen LogP contribution < -0.4 is 9.47 Å². The maximum absolute atomic E-state index is 13.3. The topological polar surface area (TPSA) is 52.6 Å². The lowest BCUT2D eigenvalue weighted by Gasteiger charge is -2.10. The average molecular weight is 555 g/mol. The van der Waals surface area contributed by atoms with Gasteiger partial charge in [0.15, 0.2) is 0 Å². The summed E-state index contributed by atoms with van der Waals surface area (Å²) in [5.74, 6) is 2.45. The summed E-state index contributed by atoms with van der Waals surface area (Å²) in [4.78, 5) is 0.374. The minimum atomic E-state index is -3.71. The van der Waals surface area contributed by atoms with Gasteiger partial charge in [-0.15, -0.1) is 0 Å². The predicted molar refractivity (Wildman–Crippen MR) is 162 cm³/mol. The van der Waals surface area contributed by atoms with Crippen molar-refractivity contribution in [2.75, 3.05) is 0 Å². The van der Waals surface area contributed by atoms with Gasteiger partial charge in [0.2, 0.25) is 9.84 Å². The van der Waals surface area contributed by atoms with Crippen LogP contribution in [0.1, 0.15) is 0 Å². The van der Waals surface area contributed by atoms with Gasteiger partial charge in [0.1, 0.15) is 23.0 Å². The molecule has 0 fully saturated rings. The number of benzene rings is 6. The van der Waals surface area contributed by atoms with Crippen molar-refractivity contribution in [1.29, 1.82) is 0 Å². The Morgan fingerprint density at radius 3 is 1.10 bits per heavy atom. The number of hydrogen-bond donors (Lipinski definition) is 0. The Morgan fingerprint density at radius 1 is 0.341 bits per heavy atom. The first-order valence-corrected chi connectivity index (χ1v) is 14.6. The van der Waals surface area contributed by atoms with Crippen molar-refractivity contribution >= 4 is 9.84 Å². The molecule has 200 valence electrons. The summed E-state index contributed by atoms with van der Waals surface area (Å²) in [5, 5.41) is 0. The third kappa shape index (κ3) is 6.06. The fraction of sp³-hybridized carbons (Fsp3) is 0. The van der Waals surface area contributed by atoms with Crippen molar-refractivity contribution < 1.29 is 17.9 Å². The van der Waals surface area contributed by atoms with E-state index in [4.69, 9.17) is 9.47 Å². The van der Waals surface area contributed by atoms with Gasteiger partial charge in [0, 0.05) is 0 Å². The van der Waals surface area contributed by atoms with E-state index >= 15 is 0 Å². The van der Waals surface area contributed by atoms with Gasteiger partial charge in [0.25, 0.3) is 0 Å². The summed E-state index contributed by atoms with van der Waals surface area (Å²) >= 11 is 0. The summed E-state index contributed by atoms with van der Waals surface area (Å²) in [6, 6.07) is 48.6. The number of rotatable bonds is 8.